The Balaban J connectivity index is 1.14. The zero-order valence-electron chi connectivity index (χ0n) is 24.9. The molecule has 0 aliphatic carbocycles. The summed E-state index contributed by atoms with van der Waals surface area (Å²) in [5.74, 6) is 1.21. The van der Waals surface area contributed by atoms with Crippen LogP contribution in [0.15, 0.2) is 79.0 Å². The molecule has 1 saturated heterocycles. The average Bonchev–Trinajstić information content (AvgIpc) is 3.65. The molecule has 13 nitrogen and oxygen atoms in total. The van der Waals surface area contributed by atoms with Crippen LogP contribution in [-0.2, 0) is 20.9 Å². The van der Waals surface area contributed by atoms with Crippen molar-refractivity contribution < 1.29 is 34.0 Å². The maximum atomic E-state index is 13.1. The first-order valence-electron chi connectivity index (χ1n) is 14.7. The standard InChI is InChI=1S/C32H38N6O7/c1-43-29-24-11-5-6-12-25(24)36-30(29)37-26(31(40)41)17-35-28(39)20-44-23-15-22(16-34-27-13-7-8-14-33-27)38(18-23)32(42)45-19-21-9-3-2-4-10-21/h2-14,22-23,26,31,36-37,40-41H,15-20H2,1H3,(H,33,34)(H,35,39). The highest BCUT2D eigenvalue weighted by Crippen LogP contribution is 2.34. The maximum Gasteiger partial charge on any atom is 0.410 e. The number of H-pyrrole nitrogens is 1. The van der Waals surface area contributed by atoms with E-state index in [0.717, 1.165) is 16.5 Å². The minimum Gasteiger partial charge on any atom is -0.492 e. The maximum absolute atomic E-state index is 13.1. The van der Waals surface area contributed by atoms with Crippen molar-refractivity contribution in [3.8, 4) is 5.75 Å². The van der Waals surface area contributed by atoms with Crippen molar-refractivity contribution in [1.29, 1.82) is 0 Å². The van der Waals surface area contributed by atoms with Crippen LogP contribution >= 0.6 is 0 Å². The van der Waals surface area contributed by atoms with Crippen LogP contribution in [0.5, 0.6) is 5.75 Å². The number of aromatic amines is 1. The van der Waals surface area contributed by atoms with E-state index in [1.807, 2.05) is 72.8 Å². The predicted molar refractivity (Wildman–Crippen MR) is 168 cm³/mol. The Morgan fingerprint density at radius 2 is 1.84 bits per heavy atom. The fourth-order valence-electron chi connectivity index (χ4n) is 5.22. The van der Waals surface area contributed by atoms with Crippen LogP contribution in [0, 0.1) is 0 Å². The highest BCUT2D eigenvalue weighted by Gasteiger charge is 2.37. The number of likely N-dealkylation sites (tertiary alicyclic amines) is 1. The third-order valence-corrected chi connectivity index (χ3v) is 7.52. The highest BCUT2D eigenvalue weighted by molar-refractivity contribution is 5.92. The minimum absolute atomic E-state index is 0.0996. The van der Waals surface area contributed by atoms with Crippen molar-refractivity contribution in [2.45, 2.75) is 37.5 Å². The summed E-state index contributed by atoms with van der Waals surface area (Å²) in [5, 5.41) is 29.7. The first-order chi connectivity index (χ1) is 21.9. The molecule has 4 aromatic rings. The number of aliphatic hydroxyl groups excluding tert-OH is 1. The molecule has 3 atom stereocenters. The number of carbonyl (C=O) groups excluding carboxylic acids is 2. The quantitative estimate of drug-likeness (QED) is 0.116. The number of anilines is 2. The van der Waals surface area contributed by atoms with Gasteiger partial charge in [-0.25, -0.2) is 9.78 Å². The van der Waals surface area contributed by atoms with Gasteiger partial charge in [-0.3, -0.25) is 4.79 Å². The van der Waals surface area contributed by atoms with Gasteiger partial charge in [-0.05, 0) is 36.2 Å². The number of fused-ring (bicyclic) bond motifs is 1. The second-order valence-corrected chi connectivity index (χ2v) is 10.7. The normalized spacial score (nSPS) is 16.8. The number of amides is 2. The molecule has 0 bridgehead atoms. The summed E-state index contributed by atoms with van der Waals surface area (Å²) in [6.07, 6.45) is -0.503. The van der Waals surface area contributed by atoms with Crippen LogP contribution in [0.4, 0.5) is 16.4 Å². The van der Waals surface area contributed by atoms with Gasteiger partial charge in [-0.2, -0.15) is 0 Å². The van der Waals surface area contributed by atoms with Crippen LogP contribution in [0.3, 0.4) is 0 Å². The first kappa shape index (κ1) is 31.6. The van der Waals surface area contributed by atoms with Gasteiger partial charge in [-0.1, -0.05) is 48.5 Å². The number of aromatic nitrogens is 2. The Hall–Kier alpha value is -4.85. The van der Waals surface area contributed by atoms with Gasteiger partial charge in [0.15, 0.2) is 12.0 Å². The average molecular weight is 619 g/mol. The molecule has 3 unspecified atom stereocenters. The van der Waals surface area contributed by atoms with Gasteiger partial charge < -0.3 is 50.3 Å². The molecule has 3 heterocycles. The number of benzene rings is 2. The zero-order chi connectivity index (χ0) is 31.6. The monoisotopic (exact) mass is 618 g/mol. The summed E-state index contributed by atoms with van der Waals surface area (Å²) in [5.41, 5.74) is 1.69. The number of nitrogens with zero attached hydrogens (tertiary/aromatic N) is 2. The zero-order valence-corrected chi connectivity index (χ0v) is 24.9. The molecular weight excluding hydrogens is 580 g/mol. The number of pyridine rings is 1. The Kier molecular flexibility index (Phi) is 10.7. The van der Waals surface area contributed by atoms with E-state index in [-0.39, 0.29) is 32.3 Å². The van der Waals surface area contributed by atoms with Crippen LogP contribution in [0.25, 0.3) is 10.9 Å². The van der Waals surface area contributed by atoms with Gasteiger partial charge in [0.25, 0.3) is 0 Å². The Labute approximate surface area is 260 Å². The lowest BCUT2D eigenvalue weighted by atomic mass is 10.2. The van der Waals surface area contributed by atoms with E-state index >= 15 is 0 Å². The number of hydrogen-bond acceptors (Lipinski definition) is 10. The van der Waals surface area contributed by atoms with E-state index in [1.54, 1.807) is 11.1 Å². The summed E-state index contributed by atoms with van der Waals surface area (Å²) < 4.78 is 17.0. The SMILES string of the molecule is COc1c(NC(CNC(=O)COC2CC(CNc3ccccn3)N(C(=O)OCc3ccccc3)C2)C(O)O)[nH]c2ccccc12. The van der Waals surface area contributed by atoms with Crippen molar-refractivity contribution >= 4 is 34.5 Å². The van der Waals surface area contributed by atoms with Gasteiger partial charge in [0.1, 0.15) is 24.8 Å². The lowest BCUT2D eigenvalue weighted by Crippen LogP contribution is -2.45. The van der Waals surface area contributed by atoms with Crippen molar-refractivity contribution in [2.75, 3.05) is 44.0 Å². The number of methoxy groups -OCH3 is 1. The molecule has 0 saturated carbocycles. The largest absolute Gasteiger partial charge is 0.492 e. The molecular formula is C32H38N6O7. The second-order valence-electron chi connectivity index (χ2n) is 10.7. The number of aliphatic hydroxyl groups is 2. The Morgan fingerprint density at radius 3 is 2.60 bits per heavy atom. The van der Waals surface area contributed by atoms with Gasteiger partial charge >= 0.3 is 6.09 Å². The van der Waals surface area contributed by atoms with Gasteiger partial charge in [-0.15, -0.1) is 0 Å². The molecule has 1 aliphatic rings. The Morgan fingerprint density at radius 1 is 1.07 bits per heavy atom. The lowest BCUT2D eigenvalue weighted by Gasteiger charge is -2.24. The van der Waals surface area contributed by atoms with Crippen molar-refractivity contribution in [1.82, 2.24) is 20.2 Å². The smallest absolute Gasteiger partial charge is 0.410 e. The summed E-state index contributed by atoms with van der Waals surface area (Å²) >= 11 is 0. The van der Waals surface area contributed by atoms with Crippen LogP contribution in [-0.4, -0.2) is 94.9 Å². The van der Waals surface area contributed by atoms with E-state index in [4.69, 9.17) is 14.2 Å². The molecule has 238 valence electrons. The summed E-state index contributed by atoms with van der Waals surface area (Å²) in [6.45, 7) is 0.429. The van der Waals surface area contributed by atoms with Crippen molar-refractivity contribution in [3.05, 3.63) is 84.6 Å². The van der Waals surface area contributed by atoms with E-state index in [2.05, 4.69) is 25.9 Å². The molecule has 2 aromatic carbocycles. The molecule has 2 aromatic heterocycles. The van der Waals surface area contributed by atoms with E-state index in [1.165, 1.54) is 7.11 Å². The van der Waals surface area contributed by atoms with Crippen LogP contribution < -0.4 is 20.7 Å². The molecule has 6 N–H and O–H groups in total. The molecule has 45 heavy (non-hydrogen) atoms. The van der Waals surface area contributed by atoms with E-state index in [0.29, 0.717) is 30.4 Å². The number of rotatable bonds is 14. The molecule has 0 radical (unpaired) electrons. The molecule has 0 spiro atoms. The highest BCUT2D eigenvalue weighted by atomic mass is 16.6. The van der Waals surface area contributed by atoms with E-state index in [9.17, 15) is 19.8 Å². The minimum atomic E-state index is -1.78. The summed E-state index contributed by atoms with van der Waals surface area (Å²) in [6, 6.07) is 21.2. The van der Waals surface area contributed by atoms with Gasteiger partial charge in [0.05, 0.1) is 37.4 Å². The lowest BCUT2D eigenvalue weighted by molar-refractivity contribution is -0.128. The van der Waals surface area contributed by atoms with Gasteiger partial charge in [0, 0.05) is 24.7 Å². The summed E-state index contributed by atoms with van der Waals surface area (Å²) in [4.78, 5) is 34.8. The number of para-hydroxylation sites is 1. The first-order valence-corrected chi connectivity index (χ1v) is 14.7. The third kappa shape index (κ3) is 8.41. The molecule has 13 heteroatoms. The number of carbonyl (C=O) groups is 2. The van der Waals surface area contributed by atoms with Crippen LogP contribution in [0.1, 0.15) is 12.0 Å². The molecule has 2 amide bonds. The predicted octanol–water partition coefficient (Wildman–Crippen LogP) is 2.69. The molecule has 1 aliphatic heterocycles. The topological polar surface area (TPSA) is 170 Å². The summed E-state index contributed by atoms with van der Waals surface area (Å²) in [7, 11) is 1.52. The number of hydrogen-bond donors (Lipinski definition) is 6. The fraction of sp³-hybridized carbons (Fsp3) is 0.344. The van der Waals surface area contributed by atoms with Crippen molar-refractivity contribution in [3.63, 3.8) is 0 Å². The molecule has 5 rings (SSSR count). The number of ether oxygens (including phenoxy) is 3. The third-order valence-electron chi connectivity index (χ3n) is 7.52. The van der Waals surface area contributed by atoms with Crippen LogP contribution in [0.2, 0.25) is 0 Å². The van der Waals surface area contributed by atoms with Crippen molar-refractivity contribution in [2.24, 2.45) is 0 Å². The number of nitrogens with one attached hydrogen (secondary N) is 4. The second kappa shape index (κ2) is 15.2. The van der Waals surface area contributed by atoms with Gasteiger partial charge in [0.2, 0.25) is 5.91 Å². The fourth-order valence-corrected chi connectivity index (χ4v) is 5.22. The molecule has 1 fully saturated rings. The van der Waals surface area contributed by atoms with E-state index < -0.39 is 30.4 Å². The Bertz CT molecular complexity index is 1540.